The van der Waals surface area contributed by atoms with E-state index in [1.807, 2.05) is 57.3 Å². The monoisotopic (exact) mass is 251 g/mol. The number of benzene rings is 1. The first kappa shape index (κ1) is 14.9. The first-order valence-electron chi connectivity index (χ1n) is 6.66. The highest BCUT2D eigenvalue weighted by molar-refractivity contribution is 5.93. The molecule has 19 heavy (non-hydrogen) atoms. The van der Waals surface area contributed by atoms with E-state index in [1.165, 1.54) is 16.5 Å². The van der Waals surface area contributed by atoms with Gasteiger partial charge in [0.25, 0.3) is 0 Å². The van der Waals surface area contributed by atoms with Crippen molar-refractivity contribution in [1.82, 2.24) is 4.98 Å². The molecule has 0 saturated carbocycles. The van der Waals surface area contributed by atoms with Gasteiger partial charge in [0.2, 0.25) is 0 Å². The van der Waals surface area contributed by atoms with Gasteiger partial charge in [0.05, 0.1) is 5.52 Å². The van der Waals surface area contributed by atoms with Gasteiger partial charge in [0, 0.05) is 11.6 Å². The lowest BCUT2D eigenvalue weighted by Crippen LogP contribution is -1.86. The third-order valence-corrected chi connectivity index (χ3v) is 2.68. The van der Waals surface area contributed by atoms with Crippen molar-refractivity contribution < 1.29 is 0 Å². The summed E-state index contributed by atoms with van der Waals surface area (Å²) in [5, 5.41) is 1.18. The minimum absolute atomic E-state index is 1.02. The Kier molecular flexibility index (Phi) is 6.31. The number of hydrogen-bond donors (Lipinski definition) is 0. The summed E-state index contributed by atoms with van der Waals surface area (Å²) in [6.45, 7) is 9.74. The predicted octanol–water partition coefficient (Wildman–Crippen LogP) is 5.41. The number of aromatic nitrogens is 1. The van der Waals surface area contributed by atoms with E-state index in [-0.39, 0.29) is 0 Å². The lowest BCUT2D eigenvalue weighted by Gasteiger charge is -2.06. The van der Waals surface area contributed by atoms with Crippen LogP contribution in [0.25, 0.3) is 16.5 Å². The molecule has 0 aliphatic carbocycles. The maximum atomic E-state index is 4.37. The van der Waals surface area contributed by atoms with Crippen LogP contribution < -0.4 is 0 Å². The first-order valence-corrected chi connectivity index (χ1v) is 6.66. The maximum Gasteiger partial charge on any atom is 0.0708 e. The van der Waals surface area contributed by atoms with Gasteiger partial charge in [-0.05, 0) is 30.2 Å². The Labute approximate surface area is 116 Å². The summed E-state index contributed by atoms with van der Waals surface area (Å²) in [6.07, 6.45) is 9.75. The van der Waals surface area contributed by atoms with Gasteiger partial charge in [-0.25, -0.2) is 0 Å². The number of rotatable bonds is 3. The molecule has 0 fully saturated rings. The van der Waals surface area contributed by atoms with Crippen molar-refractivity contribution in [2.24, 2.45) is 0 Å². The average molecular weight is 251 g/mol. The molecule has 1 aromatic heterocycles. The highest BCUT2D eigenvalue weighted by Crippen LogP contribution is 2.24. The predicted molar refractivity (Wildman–Crippen MR) is 86.1 cm³/mol. The van der Waals surface area contributed by atoms with E-state index in [0.29, 0.717) is 0 Å². The van der Waals surface area contributed by atoms with Crippen molar-refractivity contribution in [3.8, 4) is 0 Å². The highest BCUT2D eigenvalue weighted by atomic mass is 14.6. The second kappa shape index (κ2) is 8.04. The molecule has 98 valence electrons. The zero-order chi connectivity index (χ0) is 14.1. The molecule has 0 aliphatic rings. The van der Waals surface area contributed by atoms with Crippen LogP contribution in [-0.2, 0) is 0 Å². The summed E-state index contributed by atoms with van der Waals surface area (Å²) in [5.41, 5.74) is 3.41. The summed E-state index contributed by atoms with van der Waals surface area (Å²) < 4.78 is 0. The minimum Gasteiger partial charge on any atom is -0.256 e. The van der Waals surface area contributed by atoms with Gasteiger partial charge in [-0.2, -0.15) is 0 Å². The van der Waals surface area contributed by atoms with Crippen LogP contribution in [-0.4, -0.2) is 4.98 Å². The number of allylic oxidation sites excluding steroid dienone is 5. The van der Waals surface area contributed by atoms with Crippen LogP contribution in [0.5, 0.6) is 0 Å². The van der Waals surface area contributed by atoms with E-state index in [4.69, 9.17) is 0 Å². The Hall–Kier alpha value is -2.15. The van der Waals surface area contributed by atoms with E-state index in [0.717, 1.165) is 5.52 Å². The molecule has 0 amide bonds. The van der Waals surface area contributed by atoms with Crippen LogP contribution in [0, 0.1) is 0 Å². The minimum atomic E-state index is 1.02. The summed E-state index contributed by atoms with van der Waals surface area (Å²) in [6, 6.07) is 10.2. The molecule has 1 heteroatoms. The molecule has 0 N–H and O–H groups in total. The van der Waals surface area contributed by atoms with Gasteiger partial charge in [-0.1, -0.05) is 62.9 Å². The van der Waals surface area contributed by atoms with Crippen LogP contribution in [0.15, 0.2) is 67.4 Å². The van der Waals surface area contributed by atoms with Gasteiger partial charge < -0.3 is 0 Å². The van der Waals surface area contributed by atoms with Crippen molar-refractivity contribution in [1.29, 1.82) is 0 Å². The zero-order valence-corrected chi connectivity index (χ0v) is 11.9. The highest BCUT2D eigenvalue weighted by Gasteiger charge is 2.03. The molecule has 0 atom stereocenters. The molecular formula is C18H21N. The van der Waals surface area contributed by atoms with Crippen LogP contribution >= 0.6 is 0 Å². The van der Waals surface area contributed by atoms with Crippen molar-refractivity contribution in [2.45, 2.75) is 20.8 Å². The fourth-order valence-corrected chi connectivity index (χ4v) is 1.86. The van der Waals surface area contributed by atoms with Crippen molar-refractivity contribution in [2.75, 3.05) is 0 Å². The van der Waals surface area contributed by atoms with Crippen molar-refractivity contribution in [3.63, 3.8) is 0 Å². The molecular weight excluding hydrogens is 230 g/mol. The van der Waals surface area contributed by atoms with E-state index in [1.54, 1.807) is 6.08 Å². The summed E-state index contributed by atoms with van der Waals surface area (Å²) in [7, 11) is 0. The molecule has 0 unspecified atom stereocenters. The SMILES string of the molecule is C=C/C=C\C(=C/C)c1ccnc2ccccc12.CC. The Morgan fingerprint density at radius 3 is 2.58 bits per heavy atom. The number of para-hydroxylation sites is 1. The molecule has 0 bridgehead atoms. The van der Waals surface area contributed by atoms with Crippen LogP contribution in [0.3, 0.4) is 0 Å². The zero-order valence-electron chi connectivity index (χ0n) is 11.9. The average Bonchev–Trinajstić information content (AvgIpc) is 2.50. The van der Waals surface area contributed by atoms with Gasteiger partial charge in [0.15, 0.2) is 0 Å². The lowest BCUT2D eigenvalue weighted by molar-refractivity contribution is 1.40. The Morgan fingerprint density at radius 1 is 1.16 bits per heavy atom. The van der Waals surface area contributed by atoms with Gasteiger partial charge >= 0.3 is 0 Å². The molecule has 0 radical (unpaired) electrons. The third kappa shape index (κ3) is 3.65. The fourth-order valence-electron chi connectivity index (χ4n) is 1.86. The molecule has 0 saturated heterocycles. The number of pyridine rings is 1. The molecule has 0 aliphatic heterocycles. The normalized spacial score (nSPS) is 11.2. The summed E-state index contributed by atoms with van der Waals surface area (Å²) in [4.78, 5) is 4.37. The van der Waals surface area contributed by atoms with Crippen molar-refractivity contribution >= 4 is 16.5 Å². The van der Waals surface area contributed by atoms with E-state index in [2.05, 4.69) is 29.8 Å². The third-order valence-electron chi connectivity index (χ3n) is 2.68. The molecule has 1 aromatic carbocycles. The largest absolute Gasteiger partial charge is 0.256 e. The number of fused-ring (bicyclic) bond motifs is 1. The van der Waals surface area contributed by atoms with Crippen LogP contribution in [0.4, 0.5) is 0 Å². The smallest absolute Gasteiger partial charge is 0.0708 e. The van der Waals surface area contributed by atoms with Crippen LogP contribution in [0.1, 0.15) is 26.3 Å². The topological polar surface area (TPSA) is 12.9 Å². The van der Waals surface area contributed by atoms with E-state index < -0.39 is 0 Å². The van der Waals surface area contributed by atoms with Gasteiger partial charge in [-0.3, -0.25) is 4.98 Å². The Balaban J connectivity index is 0.000000861. The maximum absolute atomic E-state index is 4.37. The Morgan fingerprint density at radius 2 is 1.89 bits per heavy atom. The van der Waals surface area contributed by atoms with Gasteiger partial charge in [-0.15, -0.1) is 0 Å². The molecule has 1 heterocycles. The second-order valence-corrected chi connectivity index (χ2v) is 3.71. The molecule has 2 rings (SSSR count). The number of nitrogens with zero attached hydrogens (tertiary/aromatic N) is 1. The lowest BCUT2D eigenvalue weighted by atomic mass is 10.0. The first-order chi connectivity index (χ1) is 9.36. The molecule has 1 nitrogen and oxygen atoms in total. The summed E-state index contributed by atoms with van der Waals surface area (Å²) in [5.74, 6) is 0. The van der Waals surface area contributed by atoms with Crippen LogP contribution in [0.2, 0.25) is 0 Å². The Bertz CT molecular complexity index is 586. The van der Waals surface area contributed by atoms with Gasteiger partial charge in [0.1, 0.15) is 0 Å². The van der Waals surface area contributed by atoms with Crippen molar-refractivity contribution in [3.05, 3.63) is 73.0 Å². The fraction of sp³-hybridized carbons (Fsp3) is 0.167. The summed E-state index contributed by atoms with van der Waals surface area (Å²) >= 11 is 0. The van der Waals surface area contributed by atoms with E-state index in [9.17, 15) is 0 Å². The quantitative estimate of drug-likeness (QED) is 0.665. The number of hydrogen-bond acceptors (Lipinski definition) is 1. The molecule has 2 aromatic rings. The standard InChI is InChI=1S/C16H15N.C2H6/c1-3-5-8-13(4-2)14-11-12-17-16-10-7-6-9-15(14)16;1-2/h3-12H,1H2,2H3;1-2H3/b8-5-,13-4+;. The van der Waals surface area contributed by atoms with E-state index >= 15 is 0 Å². The second-order valence-electron chi connectivity index (χ2n) is 3.71. The molecule has 0 spiro atoms.